The summed E-state index contributed by atoms with van der Waals surface area (Å²) in [7, 11) is 0. The highest BCUT2D eigenvalue weighted by Gasteiger charge is 2.62. The molecule has 1 aromatic rings. The molecule has 1 aliphatic rings. The molecule has 0 saturated carbocycles. The molecule has 1 N–H and O–H groups in total. The van der Waals surface area contributed by atoms with Gasteiger partial charge in [-0.3, -0.25) is 4.79 Å². The molecule has 19 heavy (non-hydrogen) atoms. The molecule has 5 nitrogen and oxygen atoms in total. The van der Waals surface area contributed by atoms with Crippen molar-refractivity contribution in [3.63, 3.8) is 0 Å². The van der Waals surface area contributed by atoms with Gasteiger partial charge in [0.2, 0.25) is 0 Å². The van der Waals surface area contributed by atoms with Crippen molar-refractivity contribution in [2.24, 2.45) is 5.10 Å². The Hall–Kier alpha value is -1.83. The van der Waals surface area contributed by atoms with Crippen LogP contribution in [0.15, 0.2) is 21.8 Å². The van der Waals surface area contributed by atoms with E-state index >= 15 is 0 Å². The number of rotatable bonds is 1. The second-order valence-corrected chi connectivity index (χ2v) is 4.33. The Kier molecular flexibility index (Phi) is 2.93. The number of hydrogen-bond acceptors (Lipinski definition) is 4. The van der Waals surface area contributed by atoms with E-state index in [4.69, 9.17) is 4.42 Å². The SMILES string of the molecule is CC1=NN(C(=O)c2ccoc2C)[C@](O)(C(F)(F)F)C1. The van der Waals surface area contributed by atoms with E-state index in [0.717, 1.165) is 0 Å². The highest BCUT2D eigenvalue weighted by molar-refractivity contribution is 5.98. The van der Waals surface area contributed by atoms with Crippen LogP contribution in [0.4, 0.5) is 13.2 Å². The molecule has 1 aliphatic heterocycles. The Morgan fingerprint density at radius 3 is 2.63 bits per heavy atom. The number of nitrogens with zero attached hydrogens (tertiary/aromatic N) is 2. The van der Waals surface area contributed by atoms with E-state index in [-0.39, 0.29) is 22.0 Å². The molecule has 0 unspecified atom stereocenters. The molecule has 2 heterocycles. The third-order valence-electron chi connectivity index (χ3n) is 2.86. The normalized spacial score (nSPS) is 23.7. The largest absolute Gasteiger partial charge is 0.469 e. The van der Waals surface area contributed by atoms with Gasteiger partial charge in [0.05, 0.1) is 11.8 Å². The number of aryl methyl sites for hydroxylation is 1. The Labute approximate surface area is 106 Å². The fourth-order valence-corrected chi connectivity index (χ4v) is 1.88. The molecule has 0 saturated heterocycles. The summed E-state index contributed by atoms with van der Waals surface area (Å²) in [5, 5.41) is 13.3. The van der Waals surface area contributed by atoms with Gasteiger partial charge in [-0.15, -0.1) is 0 Å². The molecule has 8 heteroatoms. The summed E-state index contributed by atoms with van der Waals surface area (Å²) in [5.41, 5.74) is -3.35. The molecule has 1 atom stereocenters. The summed E-state index contributed by atoms with van der Waals surface area (Å²) in [5.74, 6) is -0.891. The molecular formula is C11H11F3N2O3. The van der Waals surface area contributed by atoms with Crippen LogP contribution < -0.4 is 0 Å². The zero-order valence-corrected chi connectivity index (χ0v) is 10.2. The minimum Gasteiger partial charge on any atom is -0.469 e. The predicted molar refractivity (Wildman–Crippen MR) is 58.3 cm³/mol. The predicted octanol–water partition coefficient (Wildman–Crippen LogP) is 2.06. The Morgan fingerprint density at radius 2 is 2.16 bits per heavy atom. The molecule has 0 fully saturated rings. The summed E-state index contributed by atoms with van der Waals surface area (Å²) in [4.78, 5) is 12.0. The minimum absolute atomic E-state index is 0.0225. The molecule has 0 aliphatic carbocycles. The first-order chi connectivity index (χ1) is 8.67. The van der Waals surface area contributed by atoms with Crippen LogP contribution in [0.25, 0.3) is 0 Å². The maximum absolute atomic E-state index is 12.9. The first-order valence-electron chi connectivity index (χ1n) is 5.38. The van der Waals surface area contributed by atoms with Crippen LogP contribution in [0.2, 0.25) is 0 Å². The number of halogens is 3. The summed E-state index contributed by atoms with van der Waals surface area (Å²) < 4.78 is 43.7. The van der Waals surface area contributed by atoms with Crippen molar-refractivity contribution in [2.45, 2.75) is 32.2 Å². The van der Waals surface area contributed by atoms with Gasteiger partial charge in [0, 0.05) is 12.1 Å². The zero-order valence-electron chi connectivity index (χ0n) is 10.2. The highest BCUT2D eigenvalue weighted by atomic mass is 19.4. The lowest BCUT2D eigenvalue weighted by atomic mass is 10.1. The molecule has 1 amide bonds. The number of amides is 1. The van der Waals surface area contributed by atoms with Crippen LogP contribution >= 0.6 is 0 Å². The zero-order chi connectivity index (χ0) is 14.4. The highest BCUT2D eigenvalue weighted by Crippen LogP contribution is 2.41. The van der Waals surface area contributed by atoms with Crippen molar-refractivity contribution < 1.29 is 27.5 Å². The average Bonchev–Trinajstić information content (AvgIpc) is 2.81. The Bertz CT molecular complexity index is 550. The van der Waals surface area contributed by atoms with Crippen LogP contribution in [0.3, 0.4) is 0 Å². The van der Waals surface area contributed by atoms with Crippen LogP contribution in [0.1, 0.15) is 29.5 Å². The van der Waals surface area contributed by atoms with Crippen LogP contribution in [-0.4, -0.2) is 33.6 Å². The average molecular weight is 276 g/mol. The van der Waals surface area contributed by atoms with Gasteiger partial charge in [-0.1, -0.05) is 0 Å². The second kappa shape index (κ2) is 4.09. The van der Waals surface area contributed by atoms with Gasteiger partial charge in [-0.25, -0.2) is 0 Å². The lowest BCUT2D eigenvalue weighted by Crippen LogP contribution is -2.56. The molecule has 0 aromatic carbocycles. The van der Waals surface area contributed by atoms with Crippen molar-refractivity contribution in [1.29, 1.82) is 0 Å². The first kappa shape index (κ1) is 13.6. The van der Waals surface area contributed by atoms with Crippen molar-refractivity contribution >= 4 is 11.6 Å². The van der Waals surface area contributed by atoms with E-state index in [2.05, 4.69) is 5.10 Å². The number of hydrogen-bond donors (Lipinski definition) is 1. The van der Waals surface area contributed by atoms with Crippen LogP contribution in [-0.2, 0) is 0 Å². The fourth-order valence-electron chi connectivity index (χ4n) is 1.88. The van der Waals surface area contributed by atoms with Crippen molar-refractivity contribution in [3.8, 4) is 0 Å². The van der Waals surface area contributed by atoms with E-state index in [1.807, 2.05) is 0 Å². The topological polar surface area (TPSA) is 66.0 Å². The molecule has 0 spiro atoms. The lowest BCUT2D eigenvalue weighted by molar-refractivity contribution is -0.297. The smallest absolute Gasteiger partial charge is 0.438 e. The van der Waals surface area contributed by atoms with Crippen molar-refractivity contribution in [3.05, 3.63) is 23.7 Å². The molecular weight excluding hydrogens is 265 g/mol. The van der Waals surface area contributed by atoms with Gasteiger partial charge >= 0.3 is 6.18 Å². The van der Waals surface area contributed by atoms with Crippen LogP contribution in [0.5, 0.6) is 0 Å². The molecule has 2 rings (SSSR count). The van der Waals surface area contributed by atoms with E-state index in [9.17, 15) is 23.1 Å². The maximum atomic E-state index is 12.9. The number of carbonyl (C=O) groups excluding carboxylic acids is 1. The summed E-state index contributed by atoms with van der Waals surface area (Å²) in [6, 6.07) is 1.23. The molecule has 0 radical (unpaired) electrons. The number of carbonyl (C=O) groups is 1. The van der Waals surface area contributed by atoms with Gasteiger partial charge in [0.25, 0.3) is 11.6 Å². The van der Waals surface area contributed by atoms with E-state index < -0.39 is 24.2 Å². The number of alkyl halides is 3. The maximum Gasteiger partial charge on any atom is 0.438 e. The lowest BCUT2D eigenvalue weighted by Gasteiger charge is -2.32. The van der Waals surface area contributed by atoms with Crippen LogP contribution in [0, 0.1) is 6.92 Å². The summed E-state index contributed by atoms with van der Waals surface area (Å²) in [6.07, 6.45) is -4.58. The van der Waals surface area contributed by atoms with Gasteiger partial charge in [-0.2, -0.15) is 23.3 Å². The second-order valence-electron chi connectivity index (χ2n) is 4.33. The fraction of sp³-hybridized carbons (Fsp3) is 0.455. The van der Waals surface area contributed by atoms with Gasteiger partial charge in [0.15, 0.2) is 0 Å². The number of hydrazone groups is 1. The standard InChI is InChI=1S/C11H11F3N2O3/c1-6-5-10(18,11(12,13)14)16(15-6)9(17)8-3-4-19-7(8)2/h3-4,18H,5H2,1-2H3/t10-/m1/s1. The van der Waals surface area contributed by atoms with E-state index in [0.29, 0.717) is 0 Å². The van der Waals surface area contributed by atoms with Crippen molar-refractivity contribution in [1.82, 2.24) is 5.01 Å². The quantitative estimate of drug-likeness (QED) is 0.853. The van der Waals surface area contributed by atoms with E-state index in [1.165, 1.54) is 26.2 Å². The Balaban J connectivity index is 2.42. The van der Waals surface area contributed by atoms with E-state index in [1.54, 1.807) is 0 Å². The molecule has 104 valence electrons. The van der Waals surface area contributed by atoms with Gasteiger partial charge < -0.3 is 9.52 Å². The monoisotopic (exact) mass is 276 g/mol. The third-order valence-corrected chi connectivity index (χ3v) is 2.86. The minimum atomic E-state index is -5.00. The third kappa shape index (κ3) is 2.01. The summed E-state index contributed by atoms with van der Waals surface area (Å²) in [6.45, 7) is 2.75. The van der Waals surface area contributed by atoms with Gasteiger partial charge in [0.1, 0.15) is 5.76 Å². The van der Waals surface area contributed by atoms with Crippen molar-refractivity contribution in [2.75, 3.05) is 0 Å². The first-order valence-corrected chi connectivity index (χ1v) is 5.38. The summed E-state index contributed by atoms with van der Waals surface area (Å²) >= 11 is 0. The van der Waals surface area contributed by atoms with Gasteiger partial charge in [-0.05, 0) is 19.9 Å². The number of furan rings is 1. The molecule has 0 bridgehead atoms. The number of aliphatic hydroxyl groups is 1. The Morgan fingerprint density at radius 1 is 1.53 bits per heavy atom. The molecule has 1 aromatic heterocycles.